The fraction of sp³-hybridized carbons (Fsp3) is 0.579. The SMILES string of the molecule is CN(C)C(=O)CN=C(NCC1CCCCO1)N(C)Cc1ccccc1. The molecule has 1 saturated heterocycles. The van der Waals surface area contributed by atoms with Crippen LogP contribution in [0, 0.1) is 0 Å². The maximum Gasteiger partial charge on any atom is 0.243 e. The summed E-state index contributed by atoms with van der Waals surface area (Å²) < 4.78 is 5.78. The zero-order valence-corrected chi connectivity index (χ0v) is 15.6. The fourth-order valence-corrected chi connectivity index (χ4v) is 2.70. The van der Waals surface area contributed by atoms with Gasteiger partial charge in [-0.1, -0.05) is 30.3 Å². The van der Waals surface area contributed by atoms with Crippen molar-refractivity contribution >= 4 is 11.9 Å². The Morgan fingerprint density at radius 2 is 2.00 bits per heavy atom. The van der Waals surface area contributed by atoms with Crippen molar-refractivity contribution in [2.24, 2.45) is 4.99 Å². The number of aliphatic imine (C=N–C) groups is 1. The highest BCUT2D eigenvalue weighted by Gasteiger charge is 2.16. The fourth-order valence-electron chi connectivity index (χ4n) is 2.70. The van der Waals surface area contributed by atoms with Crippen LogP contribution in [0.2, 0.25) is 0 Å². The van der Waals surface area contributed by atoms with Gasteiger partial charge in [-0.2, -0.15) is 0 Å². The van der Waals surface area contributed by atoms with Crippen LogP contribution in [-0.2, 0) is 16.1 Å². The first kappa shape index (κ1) is 19.2. The molecule has 25 heavy (non-hydrogen) atoms. The number of guanidine groups is 1. The van der Waals surface area contributed by atoms with Crippen molar-refractivity contribution in [3.8, 4) is 0 Å². The van der Waals surface area contributed by atoms with Gasteiger partial charge in [0.2, 0.25) is 5.91 Å². The average molecular weight is 346 g/mol. The first-order valence-electron chi connectivity index (χ1n) is 8.91. The summed E-state index contributed by atoms with van der Waals surface area (Å²) >= 11 is 0. The minimum absolute atomic E-state index is 0.0127. The molecule has 1 fully saturated rings. The van der Waals surface area contributed by atoms with E-state index in [2.05, 4.69) is 22.4 Å². The molecule has 6 nitrogen and oxygen atoms in total. The number of hydrogen-bond donors (Lipinski definition) is 1. The lowest BCUT2D eigenvalue weighted by Gasteiger charge is -2.27. The van der Waals surface area contributed by atoms with E-state index in [4.69, 9.17) is 4.74 Å². The first-order valence-corrected chi connectivity index (χ1v) is 8.91. The number of rotatable bonds is 6. The van der Waals surface area contributed by atoms with Crippen molar-refractivity contribution in [2.45, 2.75) is 31.9 Å². The molecule has 1 heterocycles. The Morgan fingerprint density at radius 1 is 1.24 bits per heavy atom. The van der Waals surface area contributed by atoms with Gasteiger partial charge in [0.15, 0.2) is 5.96 Å². The van der Waals surface area contributed by atoms with Gasteiger partial charge in [-0.25, -0.2) is 4.99 Å². The molecule has 1 aliphatic rings. The quantitative estimate of drug-likeness (QED) is 0.629. The summed E-state index contributed by atoms with van der Waals surface area (Å²) in [6.07, 6.45) is 3.63. The summed E-state index contributed by atoms with van der Waals surface area (Å²) in [4.78, 5) is 20.0. The molecule has 0 spiro atoms. The van der Waals surface area contributed by atoms with Crippen molar-refractivity contribution < 1.29 is 9.53 Å². The number of hydrogen-bond acceptors (Lipinski definition) is 3. The summed E-state index contributed by atoms with van der Waals surface area (Å²) in [5, 5.41) is 3.38. The Morgan fingerprint density at radius 3 is 2.64 bits per heavy atom. The predicted molar refractivity (Wildman–Crippen MR) is 100 cm³/mol. The first-order chi connectivity index (χ1) is 12.1. The molecule has 0 saturated carbocycles. The van der Waals surface area contributed by atoms with Gasteiger partial charge in [0.1, 0.15) is 6.54 Å². The zero-order chi connectivity index (χ0) is 18.1. The number of carbonyl (C=O) groups excluding carboxylic acids is 1. The van der Waals surface area contributed by atoms with Gasteiger partial charge >= 0.3 is 0 Å². The van der Waals surface area contributed by atoms with E-state index in [1.807, 2.05) is 30.1 Å². The third-order valence-corrected chi connectivity index (χ3v) is 4.25. The van der Waals surface area contributed by atoms with Gasteiger partial charge in [-0.15, -0.1) is 0 Å². The lowest BCUT2D eigenvalue weighted by atomic mass is 10.1. The molecule has 0 aromatic heterocycles. The highest BCUT2D eigenvalue weighted by atomic mass is 16.5. The van der Waals surface area contributed by atoms with Crippen LogP contribution < -0.4 is 5.32 Å². The molecule has 1 aliphatic heterocycles. The minimum atomic E-state index is -0.0127. The van der Waals surface area contributed by atoms with E-state index < -0.39 is 0 Å². The highest BCUT2D eigenvalue weighted by Crippen LogP contribution is 2.12. The van der Waals surface area contributed by atoms with Crippen LogP contribution in [0.4, 0.5) is 0 Å². The van der Waals surface area contributed by atoms with Crippen LogP contribution >= 0.6 is 0 Å². The minimum Gasteiger partial charge on any atom is -0.376 e. The Labute approximate surface area is 150 Å². The van der Waals surface area contributed by atoms with E-state index in [0.29, 0.717) is 6.54 Å². The summed E-state index contributed by atoms with van der Waals surface area (Å²) in [5.41, 5.74) is 1.20. The number of benzene rings is 1. The van der Waals surface area contributed by atoms with E-state index in [1.54, 1.807) is 19.0 Å². The Bertz CT molecular complexity index is 554. The molecular formula is C19H30N4O2. The van der Waals surface area contributed by atoms with Gasteiger partial charge in [-0.3, -0.25) is 4.79 Å². The van der Waals surface area contributed by atoms with E-state index in [0.717, 1.165) is 32.0 Å². The van der Waals surface area contributed by atoms with Crippen molar-refractivity contribution in [1.82, 2.24) is 15.1 Å². The Hall–Kier alpha value is -2.08. The molecule has 6 heteroatoms. The number of ether oxygens (including phenoxy) is 1. The smallest absolute Gasteiger partial charge is 0.243 e. The molecule has 1 aromatic rings. The standard InChI is InChI=1S/C19H30N4O2/c1-22(2)18(24)14-21-19(20-13-17-11-7-8-12-25-17)23(3)15-16-9-5-4-6-10-16/h4-6,9-10,17H,7-8,11-15H2,1-3H3,(H,20,21). The lowest BCUT2D eigenvalue weighted by Crippen LogP contribution is -2.43. The molecule has 2 rings (SSSR count). The topological polar surface area (TPSA) is 57.2 Å². The Balaban J connectivity index is 1.98. The third kappa shape index (κ3) is 6.74. The maximum atomic E-state index is 11.9. The maximum absolute atomic E-state index is 11.9. The van der Waals surface area contributed by atoms with Crippen molar-refractivity contribution in [1.29, 1.82) is 0 Å². The predicted octanol–water partition coefficient (Wildman–Crippen LogP) is 1.72. The van der Waals surface area contributed by atoms with Crippen molar-refractivity contribution in [3.05, 3.63) is 35.9 Å². The number of amides is 1. The molecule has 1 atom stereocenters. The third-order valence-electron chi connectivity index (χ3n) is 4.25. The number of nitrogens with one attached hydrogen (secondary N) is 1. The van der Waals surface area contributed by atoms with E-state index in [9.17, 15) is 4.79 Å². The molecule has 0 radical (unpaired) electrons. The van der Waals surface area contributed by atoms with E-state index >= 15 is 0 Å². The normalized spacial score (nSPS) is 17.9. The van der Waals surface area contributed by atoms with Crippen molar-refractivity contribution in [2.75, 3.05) is 40.8 Å². The molecule has 0 aliphatic carbocycles. The lowest BCUT2D eigenvalue weighted by molar-refractivity contribution is -0.127. The molecular weight excluding hydrogens is 316 g/mol. The molecule has 1 amide bonds. The summed E-state index contributed by atoms with van der Waals surface area (Å²) in [6.45, 7) is 2.42. The van der Waals surface area contributed by atoms with Gasteiger partial charge in [0, 0.05) is 40.8 Å². The summed E-state index contributed by atoms with van der Waals surface area (Å²) in [6, 6.07) is 10.2. The van der Waals surface area contributed by atoms with E-state index in [-0.39, 0.29) is 18.6 Å². The van der Waals surface area contributed by atoms with Gasteiger partial charge in [-0.05, 0) is 24.8 Å². The number of carbonyl (C=O) groups is 1. The van der Waals surface area contributed by atoms with Crippen LogP contribution in [0.1, 0.15) is 24.8 Å². The van der Waals surface area contributed by atoms with Gasteiger partial charge in [0.05, 0.1) is 6.10 Å². The van der Waals surface area contributed by atoms with Crippen LogP contribution in [-0.4, -0.2) is 68.6 Å². The second kappa shape index (κ2) is 10.0. The molecule has 1 N–H and O–H groups in total. The molecule has 1 unspecified atom stereocenters. The Kier molecular flexibility index (Phi) is 7.73. The van der Waals surface area contributed by atoms with Crippen LogP contribution in [0.15, 0.2) is 35.3 Å². The molecule has 138 valence electrons. The molecule has 0 bridgehead atoms. The van der Waals surface area contributed by atoms with Crippen LogP contribution in [0.3, 0.4) is 0 Å². The van der Waals surface area contributed by atoms with E-state index in [1.165, 1.54) is 12.0 Å². The van der Waals surface area contributed by atoms with Crippen LogP contribution in [0.5, 0.6) is 0 Å². The monoisotopic (exact) mass is 346 g/mol. The second-order valence-corrected chi connectivity index (χ2v) is 6.64. The number of nitrogens with zero attached hydrogens (tertiary/aromatic N) is 3. The largest absolute Gasteiger partial charge is 0.376 e. The average Bonchev–Trinajstić information content (AvgIpc) is 2.63. The molecule has 1 aromatic carbocycles. The van der Waals surface area contributed by atoms with Crippen molar-refractivity contribution in [3.63, 3.8) is 0 Å². The van der Waals surface area contributed by atoms with Crippen LogP contribution in [0.25, 0.3) is 0 Å². The van der Waals surface area contributed by atoms with Gasteiger partial charge in [0.25, 0.3) is 0 Å². The highest BCUT2D eigenvalue weighted by molar-refractivity contribution is 5.84. The summed E-state index contributed by atoms with van der Waals surface area (Å²) in [5.74, 6) is 0.717. The second-order valence-electron chi connectivity index (χ2n) is 6.64. The zero-order valence-electron chi connectivity index (χ0n) is 15.6. The number of likely N-dealkylation sites (N-methyl/N-ethyl adjacent to an activating group) is 1. The summed E-state index contributed by atoms with van der Waals surface area (Å²) in [7, 11) is 5.48. The van der Waals surface area contributed by atoms with Gasteiger partial charge < -0.3 is 19.9 Å².